The third-order valence-corrected chi connectivity index (χ3v) is 4.41. The van der Waals surface area contributed by atoms with E-state index >= 15 is 0 Å². The van der Waals surface area contributed by atoms with E-state index in [1.807, 2.05) is 0 Å². The molecule has 1 nitrogen and oxygen atoms in total. The molecule has 112 valence electrons. The average molecular weight is 346 g/mol. The van der Waals surface area contributed by atoms with E-state index in [1.165, 1.54) is 11.1 Å². The van der Waals surface area contributed by atoms with Crippen molar-refractivity contribution in [2.75, 3.05) is 0 Å². The molecule has 0 bridgehead atoms. The highest BCUT2D eigenvalue weighted by atomic mass is 79.9. The van der Waals surface area contributed by atoms with Crippen molar-refractivity contribution in [2.45, 2.75) is 45.2 Å². The molecule has 1 atom stereocenters. The first kappa shape index (κ1) is 16.3. The van der Waals surface area contributed by atoms with Crippen LogP contribution < -0.4 is 5.32 Å². The molecule has 1 N–H and O–H groups in total. The maximum absolute atomic E-state index is 3.75. The van der Waals surface area contributed by atoms with Crippen LogP contribution in [0, 0.1) is 0 Å². The van der Waals surface area contributed by atoms with E-state index in [0.29, 0.717) is 6.04 Å². The minimum atomic E-state index is -0.0171. The summed E-state index contributed by atoms with van der Waals surface area (Å²) in [4.78, 5) is 0. The summed E-state index contributed by atoms with van der Waals surface area (Å²) >= 11 is 3.49. The van der Waals surface area contributed by atoms with E-state index < -0.39 is 0 Å². The summed E-state index contributed by atoms with van der Waals surface area (Å²) in [5, 5.41) is 3.75. The molecule has 0 spiro atoms. The molecule has 21 heavy (non-hydrogen) atoms. The van der Waals surface area contributed by atoms with E-state index in [-0.39, 0.29) is 5.54 Å². The zero-order valence-electron chi connectivity index (χ0n) is 13.1. The number of rotatable bonds is 6. The van der Waals surface area contributed by atoms with Crippen molar-refractivity contribution in [3.8, 4) is 0 Å². The Hall–Kier alpha value is -1.12. The van der Waals surface area contributed by atoms with Gasteiger partial charge in [0.05, 0.1) is 0 Å². The van der Waals surface area contributed by atoms with E-state index in [9.17, 15) is 0 Å². The van der Waals surface area contributed by atoms with Gasteiger partial charge >= 0.3 is 0 Å². The van der Waals surface area contributed by atoms with E-state index in [4.69, 9.17) is 0 Å². The Morgan fingerprint density at radius 2 is 1.62 bits per heavy atom. The Morgan fingerprint density at radius 1 is 1.00 bits per heavy atom. The summed E-state index contributed by atoms with van der Waals surface area (Å²) in [6.07, 6.45) is 2.26. The van der Waals surface area contributed by atoms with Crippen molar-refractivity contribution in [2.24, 2.45) is 0 Å². The normalized spacial score (nSPS) is 13.1. The quantitative estimate of drug-likeness (QED) is 0.749. The molecule has 0 aliphatic rings. The van der Waals surface area contributed by atoms with Gasteiger partial charge in [0.1, 0.15) is 0 Å². The van der Waals surface area contributed by atoms with Crippen LogP contribution in [-0.2, 0) is 12.0 Å². The van der Waals surface area contributed by atoms with Gasteiger partial charge in [0.15, 0.2) is 0 Å². The summed E-state index contributed by atoms with van der Waals surface area (Å²) < 4.78 is 1.12. The molecule has 0 aliphatic carbocycles. The van der Waals surface area contributed by atoms with Gasteiger partial charge in [0.2, 0.25) is 0 Å². The summed E-state index contributed by atoms with van der Waals surface area (Å²) in [6, 6.07) is 19.7. The van der Waals surface area contributed by atoms with Crippen molar-refractivity contribution >= 4 is 15.9 Å². The van der Waals surface area contributed by atoms with Gasteiger partial charge in [-0.2, -0.15) is 0 Å². The van der Waals surface area contributed by atoms with Gasteiger partial charge in [-0.15, -0.1) is 0 Å². The lowest BCUT2D eigenvalue weighted by atomic mass is 9.92. The third-order valence-electron chi connectivity index (χ3n) is 3.88. The predicted octanol–water partition coefficient (Wildman–Crippen LogP) is 5.30. The van der Waals surface area contributed by atoms with Gasteiger partial charge in [-0.25, -0.2) is 0 Å². The minimum Gasteiger partial charge on any atom is -0.305 e. The number of hydrogen-bond donors (Lipinski definition) is 1. The van der Waals surface area contributed by atoms with Gasteiger partial charge in [0.25, 0.3) is 0 Å². The van der Waals surface area contributed by atoms with Crippen LogP contribution >= 0.6 is 15.9 Å². The molecule has 0 fully saturated rings. The molecule has 0 aliphatic heterocycles. The first-order valence-corrected chi connectivity index (χ1v) is 8.34. The fraction of sp³-hybridized carbons (Fsp3) is 0.368. The molecule has 0 heterocycles. The Bertz CT molecular complexity index is 546. The Balaban J connectivity index is 1.91. The maximum atomic E-state index is 3.75. The molecule has 1 unspecified atom stereocenters. The summed E-state index contributed by atoms with van der Waals surface area (Å²) in [6.45, 7) is 6.76. The van der Waals surface area contributed by atoms with Gasteiger partial charge < -0.3 is 5.32 Å². The maximum Gasteiger partial charge on any atom is 0.0379 e. The van der Waals surface area contributed by atoms with Crippen LogP contribution in [0.2, 0.25) is 0 Å². The summed E-state index contributed by atoms with van der Waals surface area (Å²) in [5.41, 5.74) is 2.71. The topological polar surface area (TPSA) is 12.0 Å². The van der Waals surface area contributed by atoms with Crippen LogP contribution in [0.1, 0.15) is 38.3 Å². The van der Waals surface area contributed by atoms with E-state index in [1.54, 1.807) is 0 Å². The van der Waals surface area contributed by atoms with Crippen LogP contribution in [0.25, 0.3) is 0 Å². The second kappa shape index (κ2) is 7.24. The molecule has 0 radical (unpaired) electrons. The number of aryl methyl sites for hydroxylation is 1. The van der Waals surface area contributed by atoms with Crippen LogP contribution in [0.15, 0.2) is 59.1 Å². The number of hydrogen-bond acceptors (Lipinski definition) is 1. The molecule has 0 amide bonds. The lowest BCUT2D eigenvalue weighted by Crippen LogP contribution is -2.42. The standard InChI is InChI=1S/C19H24BrN/c1-15(9-10-16-7-5-4-6-8-16)21-19(2,3)17-11-13-18(20)14-12-17/h4-8,11-15,21H,9-10H2,1-3H3. The third kappa shape index (κ3) is 4.98. The van der Waals surface area contributed by atoms with Gasteiger partial charge in [0, 0.05) is 16.1 Å². The molecule has 2 aromatic rings. The Morgan fingerprint density at radius 3 is 2.24 bits per heavy atom. The predicted molar refractivity (Wildman–Crippen MR) is 94.5 cm³/mol. The number of benzene rings is 2. The monoisotopic (exact) mass is 345 g/mol. The number of halogens is 1. The summed E-state index contributed by atoms with van der Waals surface area (Å²) in [5.74, 6) is 0. The van der Waals surface area contributed by atoms with E-state index in [0.717, 1.165) is 17.3 Å². The van der Waals surface area contributed by atoms with Gasteiger partial charge in [-0.3, -0.25) is 0 Å². The molecule has 2 aromatic carbocycles. The highest BCUT2D eigenvalue weighted by Crippen LogP contribution is 2.23. The van der Waals surface area contributed by atoms with Crippen LogP contribution in [-0.4, -0.2) is 6.04 Å². The Labute approximate surface area is 136 Å². The van der Waals surface area contributed by atoms with E-state index in [2.05, 4.69) is 96.6 Å². The first-order chi connectivity index (χ1) is 9.97. The lowest BCUT2D eigenvalue weighted by molar-refractivity contribution is 0.342. The molecule has 2 heteroatoms. The van der Waals surface area contributed by atoms with Crippen LogP contribution in [0.3, 0.4) is 0 Å². The van der Waals surface area contributed by atoms with Crippen LogP contribution in [0.5, 0.6) is 0 Å². The summed E-state index contributed by atoms with van der Waals surface area (Å²) in [7, 11) is 0. The zero-order valence-corrected chi connectivity index (χ0v) is 14.7. The molecule has 0 aromatic heterocycles. The SMILES string of the molecule is CC(CCc1ccccc1)NC(C)(C)c1ccc(Br)cc1. The van der Waals surface area contributed by atoms with Gasteiger partial charge in [-0.05, 0) is 56.9 Å². The average Bonchev–Trinajstić information content (AvgIpc) is 2.46. The second-order valence-electron chi connectivity index (χ2n) is 6.20. The molecular weight excluding hydrogens is 322 g/mol. The first-order valence-electron chi connectivity index (χ1n) is 7.55. The zero-order chi connectivity index (χ0) is 15.3. The number of nitrogens with one attached hydrogen (secondary N) is 1. The van der Waals surface area contributed by atoms with Crippen molar-refractivity contribution in [3.05, 3.63) is 70.2 Å². The van der Waals surface area contributed by atoms with Crippen molar-refractivity contribution in [1.82, 2.24) is 5.32 Å². The fourth-order valence-corrected chi connectivity index (χ4v) is 2.93. The molecule has 0 saturated heterocycles. The Kier molecular flexibility index (Phi) is 5.60. The minimum absolute atomic E-state index is 0.0171. The van der Waals surface area contributed by atoms with Gasteiger partial charge in [-0.1, -0.05) is 58.4 Å². The van der Waals surface area contributed by atoms with Crippen molar-refractivity contribution in [3.63, 3.8) is 0 Å². The van der Waals surface area contributed by atoms with Crippen molar-refractivity contribution in [1.29, 1.82) is 0 Å². The molecule has 0 saturated carbocycles. The molecular formula is C19H24BrN. The van der Waals surface area contributed by atoms with Crippen molar-refractivity contribution < 1.29 is 0 Å². The fourth-order valence-electron chi connectivity index (χ4n) is 2.67. The lowest BCUT2D eigenvalue weighted by Gasteiger charge is -2.31. The highest BCUT2D eigenvalue weighted by molar-refractivity contribution is 9.10. The highest BCUT2D eigenvalue weighted by Gasteiger charge is 2.22. The smallest absolute Gasteiger partial charge is 0.0379 e. The second-order valence-corrected chi connectivity index (χ2v) is 7.12. The largest absolute Gasteiger partial charge is 0.305 e. The van der Waals surface area contributed by atoms with Crippen LogP contribution in [0.4, 0.5) is 0 Å². The molecule has 2 rings (SSSR count).